The van der Waals surface area contributed by atoms with E-state index in [9.17, 15) is 0 Å². The van der Waals surface area contributed by atoms with Gasteiger partial charge in [-0.3, -0.25) is 4.98 Å². The SMILES string of the molecule is C1=CC(c2c(-c3ccccc3)cc(-c3ccc(-c4c5ccccc5c(-c5cccc(-c6ccncc6)c5)c5ccccc45)cc3)c(-c3ccccc3)c2-c2ccccc2)=CCC1. The molecule has 62 heavy (non-hydrogen) atoms. The molecule has 0 fully saturated rings. The van der Waals surface area contributed by atoms with Crippen LogP contribution in [0, 0.1) is 0 Å². The van der Waals surface area contributed by atoms with Gasteiger partial charge in [-0.1, -0.05) is 200 Å². The Morgan fingerprint density at radius 2 is 0.742 bits per heavy atom. The second-order valence-electron chi connectivity index (χ2n) is 16.1. The molecule has 0 aliphatic heterocycles. The van der Waals surface area contributed by atoms with Crippen LogP contribution in [-0.4, -0.2) is 4.98 Å². The molecule has 1 heterocycles. The van der Waals surface area contributed by atoms with Crippen molar-refractivity contribution in [3.05, 3.63) is 242 Å². The molecule has 0 amide bonds. The second kappa shape index (κ2) is 16.3. The zero-order valence-corrected chi connectivity index (χ0v) is 34.4. The molecular weight excluding hydrogens is 747 g/mol. The Kier molecular flexibility index (Phi) is 9.76. The first-order valence-electron chi connectivity index (χ1n) is 21.6. The molecule has 1 aliphatic carbocycles. The zero-order chi connectivity index (χ0) is 41.2. The predicted molar refractivity (Wildman–Crippen MR) is 264 cm³/mol. The number of benzene rings is 9. The zero-order valence-electron chi connectivity index (χ0n) is 34.4. The number of rotatable bonds is 8. The van der Waals surface area contributed by atoms with Gasteiger partial charge in [-0.05, 0) is 148 Å². The fraction of sp³-hybridized carbons (Fsp3) is 0.0328. The third-order valence-electron chi connectivity index (χ3n) is 12.4. The summed E-state index contributed by atoms with van der Waals surface area (Å²) in [6, 6.07) is 75.7. The van der Waals surface area contributed by atoms with Crippen molar-refractivity contribution in [2.24, 2.45) is 0 Å². The van der Waals surface area contributed by atoms with Gasteiger partial charge < -0.3 is 0 Å². The topological polar surface area (TPSA) is 12.9 Å². The molecule has 292 valence electrons. The number of hydrogen-bond donors (Lipinski definition) is 0. The molecule has 1 heteroatoms. The minimum absolute atomic E-state index is 1.03. The minimum atomic E-state index is 1.03. The molecule has 1 nitrogen and oxygen atoms in total. The lowest BCUT2D eigenvalue weighted by Crippen LogP contribution is -2.01. The van der Waals surface area contributed by atoms with Crippen LogP contribution in [0.15, 0.2) is 237 Å². The van der Waals surface area contributed by atoms with E-state index in [0.29, 0.717) is 0 Å². The van der Waals surface area contributed by atoms with Crippen LogP contribution in [0.25, 0.3) is 105 Å². The monoisotopic (exact) mass is 789 g/mol. The number of aromatic nitrogens is 1. The fourth-order valence-corrected chi connectivity index (χ4v) is 9.62. The third kappa shape index (κ3) is 6.75. The van der Waals surface area contributed by atoms with E-state index in [1.165, 1.54) is 105 Å². The second-order valence-corrected chi connectivity index (χ2v) is 16.1. The quantitative estimate of drug-likeness (QED) is 0.140. The van der Waals surface area contributed by atoms with E-state index in [0.717, 1.165) is 18.4 Å². The Balaban J connectivity index is 1.14. The number of hydrogen-bond acceptors (Lipinski definition) is 1. The van der Waals surface area contributed by atoms with E-state index in [2.05, 4.69) is 229 Å². The largest absolute Gasteiger partial charge is 0.265 e. The lowest BCUT2D eigenvalue weighted by atomic mass is 9.78. The molecule has 10 aromatic rings. The maximum atomic E-state index is 4.26. The van der Waals surface area contributed by atoms with Crippen LogP contribution in [0.1, 0.15) is 18.4 Å². The van der Waals surface area contributed by atoms with Crippen molar-refractivity contribution in [1.29, 1.82) is 0 Å². The lowest BCUT2D eigenvalue weighted by Gasteiger charge is -2.25. The van der Waals surface area contributed by atoms with Gasteiger partial charge in [0.25, 0.3) is 0 Å². The van der Waals surface area contributed by atoms with Gasteiger partial charge in [0.15, 0.2) is 0 Å². The highest BCUT2D eigenvalue weighted by Gasteiger charge is 2.25. The van der Waals surface area contributed by atoms with Crippen LogP contribution in [-0.2, 0) is 0 Å². The fourth-order valence-electron chi connectivity index (χ4n) is 9.62. The molecular formula is C61H43N. The molecule has 9 aromatic carbocycles. The van der Waals surface area contributed by atoms with Crippen molar-refractivity contribution in [2.45, 2.75) is 12.8 Å². The van der Waals surface area contributed by atoms with E-state index in [4.69, 9.17) is 0 Å². The maximum Gasteiger partial charge on any atom is 0.0273 e. The summed E-state index contributed by atoms with van der Waals surface area (Å²) in [7, 11) is 0. The van der Waals surface area contributed by atoms with Gasteiger partial charge in [-0.2, -0.15) is 0 Å². The summed E-state index contributed by atoms with van der Waals surface area (Å²) in [5.74, 6) is 0. The molecule has 11 rings (SSSR count). The van der Waals surface area contributed by atoms with Crippen molar-refractivity contribution in [3.8, 4) is 77.9 Å². The van der Waals surface area contributed by atoms with Gasteiger partial charge in [0.1, 0.15) is 0 Å². The third-order valence-corrected chi connectivity index (χ3v) is 12.4. The molecule has 0 radical (unpaired) electrons. The van der Waals surface area contributed by atoms with Gasteiger partial charge in [0.2, 0.25) is 0 Å². The van der Waals surface area contributed by atoms with Crippen molar-refractivity contribution in [3.63, 3.8) is 0 Å². The molecule has 0 saturated carbocycles. The van der Waals surface area contributed by atoms with Gasteiger partial charge in [-0.15, -0.1) is 0 Å². The number of fused-ring (bicyclic) bond motifs is 2. The highest BCUT2D eigenvalue weighted by molar-refractivity contribution is 6.21. The molecule has 0 N–H and O–H groups in total. The van der Waals surface area contributed by atoms with Crippen LogP contribution in [0.3, 0.4) is 0 Å². The summed E-state index contributed by atoms with van der Waals surface area (Å²) >= 11 is 0. The summed E-state index contributed by atoms with van der Waals surface area (Å²) < 4.78 is 0. The van der Waals surface area contributed by atoms with E-state index >= 15 is 0 Å². The Morgan fingerprint density at radius 1 is 0.290 bits per heavy atom. The maximum absolute atomic E-state index is 4.26. The summed E-state index contributed by atoms with van der Waals surface area (Å²) in [4.78, 5) is 4.26. The molecule has 0 unspecified atom stereocenters. The normalized spacial score (nSPS) is 12.4. The number of allylic oxidation sites excluding steroid dienone is 4. The van der Waals surface area contributed by atoms with Crippen molar-refractivity contribution in [1.82, 2.24) is 4.98 Å². The molecule has 1 aromatic heterocycles. The molecule has 1 aliphatic rings. The number of nitrogens with zero attached hydrogens (tertiary/aromatic N) is 1. The van der Waals surface area contributed by atoms with Gasteiger partial charge in [0, 0.05) is 12.4 Å². The molecule has 0 atom stereocenters. The molecule has 0 saturated heterocycles. The first-order chi connectivity index (χ1) is 30.8. The predicted octanol–water partition coefficient (Wildman–Crippen LogP) is 16.8. The molecule has 0 bridgehead atoms. The Morgan fingerprint density at radius 3 is 1.32 bits per heavy atom. The molecule has 0 spiro atoms. The lowest BCUT2D eigenvalue weighted by molar-refractivity contribution is 1.04. The first-order valence-corrected chi connectivity index (χ1v) is 21.6. The average Bonchev–Trinajstić information content (AvgIpc) is 3.36. The van der Waals surface area contributed by atoms with Gasteiger partial charge in [-0.25, -0.2) is 0 Å². The Labute approximate surface area is 363 Å². The van der Waals surface area contributed by atoms with Gasteiger partial charge >= 0.3 is 0 Å². The summed E-state index contributed by atoms with van der Waals surface area (Å²) in [5.41, 5.74) is 19.6. The van der Waals surface area contributed by atoms with E-state index < -0.39 is 0 Å². The van der Waals surface area contributed by atoms with Crippen LogP contribution >= 0.6 is 0 Å². The summed E-state index contributed by atoms with van der Waals surface area (Å²) in [6.45, 7) is 0. The van der Waals surface area contributed by atoms with Crippen molar-refractivity contribution in [2.75, 3.05) is 0 Å². The summed E-state index contributed by atoms with van der Waals surface area (Å²) in [6.07, 6.45) is 12.9. The Hall–Kier alpha value is -7.87. The Bertz CT molecular complexity index is 3230. The van der Waals surface area contributed by atoms with E-state index in [1.54, 1.807) is 0 Å². The van der Waals surface area contributed by atoms with Crippen LogP contribution in [0.2, 0.25) is 0 Å². The average molecular weight is 790 g/mol. The highest BCUT2D eigenvalue weighted by Crippen LogP contribution is 2.50. The number of pyridine rings is 1. The highest BCUT2D eigenvalue weighted by atomic mass is 14.6. The van der Waals surface area contributed by atoms with Crippen molar-refractivity contribution >= 4 is 27.1 Å². The van der Waals surface area contributed by atoms with Gasteiger partial charge in [0.05, 0.1) is 0 Å². The van der Waals surface area contributed by atoms with Crippen LogP contribution in [0.5, 0.6) is 0 Å². The van der Waals surface area contributed by atoms with Crippen LogP contribution in [0.4, 0.5) is 0 Å². The smallest absolute Gasteiger partial charge is 0.0273 e. The minimum Gasteiger partial charge on any atom is -0.265 e. The van der Waals surface area contributed by atoms with Crippen LogP contribution < -0.4 is 0 Å². The first kappa shape index (κ1) is 37.2. The van der Waals surface area contributed by atoms with E-state index in [-0.39, 0.29) is 0 Å². The van der Waals surface area contributed by atoms with Crippen molar-refractivity contribution < 1.29 is 0 Å². The standard InChI is InChI=1S/C61H43N/c1-5-18-43(19-6-1)55-41-56(60(46-22-9-3-10-23-46)61(47-24-11-4-12-25-47)59(55)45-20-7-2-8-21-45)44-32-34-48(35-33-44)57-51-28-13-15-30-53(51)58(54-31-16-14-29-52(54)57)50-27-17-26-49(40-50)42-36-38-62-39-37-42/h1,3-7,9-41H,2,8H2. The van der Waals surface area contributed by atoms with E-state index in [1.807, 2.05) is 12.4 Å². The summed E-state index contributed by atoms with van der Waals surface area (Å²) in [5, 5.41) is 4.96.